The summed E-state index contributed by atoms with van der Waals surface area (Å²) in [7, 11) is 0. The molecule has 38 heavy (non-hydrogen) atoms. The number of nitrogens with one attached hydrogen (secondary N) is 6. The number of aryl methyl sites for hydroxylation is 1. The van der Waals surface area contributed by atoms with Gasteiger partial charge in [0.15, 0.2) is 0 Å². The van der Waals surface area contributed by atoms with E-state index in [4.69, 9.17) is 0 Å². The van der Waals surface area contributed by atoms with Crippen molar-refractivity contribution in [2.24, 2.45) is 0 Å². The van der Waals surface area contributed by atoms with Gasteiger partial charge in [0.2, 0.25) is 0 Å². The van der Waals surface area contributed by atoms with E-state index in [9.17, 15) is 4.39 Å². The van der Waals surface area contributed by atoms with Gasteiger partial charge in [0.05, 0.1) is 30.3 Å². The van der Waals surface area contributed by atoms with Crippen molar-refractivity contribution in [3.8, 4) is 0 Å². The maximum atomic E-state index is 12.5. The van der Waals surface area contributed by atoms with Crippen molar-refractivity contribution >= 4 is 0 Å². The molecule has 1 aromatic rings. The first kappa shape index (κ1) is 28.0. The van der Waals surface area contributed by atoms with Crippen LogP contribution in [0.1, 0.15) is 59.1 Å². The average molecular weight is 529 g/mol. The van der Waals surface area contributed by atoms with Gasteiger partial charge in [-0.05, 0) is 65.5 Å². The van der Waals surface area contributed by atoms with Crippen LogP contribution in [0, 0.1) is 0 Å². The maximum absolute atomic E-state index is 12.5. The molecule has 10 nitrogen and oxygen atoms in total. The van der Waals surface area contributed by atoms with Crippen molar-refractivity contribution in [1.29, 1.82) is 0 Å². The summed E-state index contributed by atoms with van der Waals surface area (Å²) >= 11 is 0. The first-order chi connectivity index (χ1) is 18.0. The van der Waals surface area contributed by atoms with E-state index in [0.717, 1.165) is 49.7 Å². The topological polar surface area (TPSA) is 85.1 Å². The van der Waals surface area contributed by atoms with Gasteiger partial charge >= 0.3 is 0 Å². The van der Waals surface area contributed by atoms with Crippen molar-refractivity contribution in [1.82, 2.24) is 52.8 Å². The molecule has 0 aliphatic carbocycles. The van der Waals surface area contributed by atoms with Crippen molar-refractivity contribution in [3.05, 3.63) is 71.1 Å². The fraction of sp³-hybridized carbons (Fsp3) is 0.556. The number of hydrogen-bond acceptors (Lipinski definition) is 10. The first-order valence-corrected chi connectivity index (χ1v) is 13.4. The highest BCUT2D eigenvalue weighted by Crippen LogP contribution is 2.19. The van der Waals surface area contributed by atoms with Gasteiger partial charge in [-0.15, -0.1) is 16.6 Å². The van der Waals surface area contributed by atoms with Crippen LogP contribution in [0.2, 0.25) is 0 Å². The van der Waals surface area contributed by atoms with Gasteiger partial charge in [-0.2, -0.15) is 0 Å². The number of nitrogens with zero attached hydrogens (tertiary/aromatic N) is 4. The second kappa shape index (κ2) is 11.8. The molecule has 0 amide bonds. The minimum Gasteiger partial charge on any atom is -0.305 e. The van der Waals surface area contributed by atoms with Crippen LogP contribution in [0.15, 0.2) is 60.0 Å². The van der Waals surface area contributed by atoms with E-state index in [0.29, 0.717) is 6.42 Å². The molecule has 0 bridgehead atoms. The SMILES string of the molecule is CC(C)(C)N1C=C(CN(CC2=CN(Cc3ccc(CCCF)cc3)NN2)CC2=CN(C(C)(C)C)NN2)NN1. The molecule has 3 aliphatic rings. The lowest BCUT2D eigenvalue weighted by molar-refractivity contribution is 0.137. The summed E-state index contributed by atoms with van der Waals surface area (Å²) in [4.78, 5) is 2.38. The number of hydrazine groups is 6. The molecule has 0 fully saturated rings. The lowest BCUT2D eigenvalue weighted by atomic mass is 10.1. The molecule has 6 N–H and O–H groups in total. The van der Waals surface area contributed by atoms with Gasteiger partial charge in [0.25, 0.3) is 0 Å². The van der Waals surface area contributed by atoms with E-state index < -0.39 is 0 Å². The molecular weight excluding hydrogens is 483 g/mol. The van der Waals surface area contributed by atoms with Crippen LogP contribution < -0.4 is 32.9 Å². The normalized spacial score (nSPS) is 17.9. The number of benzene rings is 1. The molecular formula is C27H45FN10. The Bertz CT molecular complexity index is 980. The number of hydrogen-bond donors (Lipinski definition) is 6. The van der Waals surface area contributed by atoms with Gasteiger partial charge in [0.1, 0.15) is 0 Å². The summed E-state index contributed by atoms with van der Waals surface area (Å²) in [6, 6.07) is 8.42. The highest BCUT2D eigenvalue weighted by molar-refractivity contribution is 5.23. The minimum atomic E-state index is -0.271. The Morgan fingerprint density at radius 2 is 1.16 bits per heavy atom. The Kier molecular flexibility index (Phi) is 8.71. The summed E-state index contributed by atoms with van der Waals surface area (Å²) in [5.41, 5.74) is 25.4. The van der Waals surface area contributed by atoms with Crippen LogP contribution >= 0.6 is 0 Å². The van der Waals surface area contributed by atoms with Gasteiger partial charge < -0.3 is 16.3 Å². The molecule has 0 saturated heterocycles. The van der Waals surface area contributed by atoms with Crippen molar-refractivity contribution in [2.45, 2.75) is 72.0 Å². The Labute approximate surface area is 226 Å². The quantitative estimate of drug-likeness (QED) is 0.258. The second-order valence-electron chi connectivity index (χ2n) is 12.1. The molecule has 0 atom stereocenters. The fourth-order valence-electron chi connectivity index (χ4n) is 4.32. The summed E-state index contributed by atoms with van der Waals surface area (Å²) in [6.07, 6.45) is 7.76. The Morgan fingerprint density at radius 3 is 1.63 bits per heavy atom. The van der Waals surface area contributed by atoms with Gasteiger partial charge in [-0.1, -0.05) is 24.3 Å². The van der Waals surface area contributed by atoms with E-state index in [1.54, 1.807) is 0 Å². The molecule has 4 rings (SSSR count). The lowest BCUT2D eigenvalue weighted by Crippen LogP contribution is -2.48. The third-order valence-electron chi connectivity index (χ3n) is 6.52. The standard InChI is InChI=1S/C27H45FN10/c1-26(2,3)37-19-24(30-33-37)16-35(17-25-20-38(34-31-25)27(4,5)6)15-23-18-36(32-29-23)14-22-11-9-21(10-12-22)8-7-13-28/h9-12,18-20,29-34H,7-8,13-17H2,1-6H3. The minimum absolute atomic E-state index is 0.0301. The van der Waals surface area contributed by atoms with Crippen LogP contribution in [0.4, 0.5) is 4.39 Å². The molecule has 0 radical (unpaired) electrons. The summed E-state index contributed by atoms with van der Waals surface area (Å²) in [6.45, 7) is 15.7. The van der Waals surface area contributed by atoms with Gasteiger partial charge in [-0.3, -0.25) is 24.3 Å². The molecule has 0 saturated carbocycles. The molecule has 210 valence electrons. The number of halogens is 1. The predicted molar refractivity (Wildman–Crippen MR) is 149 cm³/mol. The Balaban J connectivity index is 1.40. The summed E-state index contributed by atoms with van der Waals surface area (Å²) in [5, 5.41) is 6.24. The molecule has 3 aliphatic heterocycles. The highest BCUT2D eigenvalue weighted by atomic mass is 19.1. The second-order valence-corrected chi connectivity index (χ2v) is 12.1. The summed E-state index contributed by atoms with van der Waals surface area (Å²) < 4.78 is 12.5. The molecule has 0 unspecified atom stereocenters. The van der Waals surface area contributed by atoms with E-state index in [-0.39, 0.29) is 17.8 Å². The zero-order chi connectivity index (χ0) is 27.3. The van der Waals surface area contributed by atoms with Crippen LogP contribution in [0.25, 0.3) is 0 Å². The predicted octanol–water partition coefficient (Wildman–Crippen LogP) is 2.49. The number of rotatable bonds is 11. The van der Waals surface area contributed by atoms with Crippen molar-refractivity contribution in [2.75, 3.05) is 26.3 Å². The third-order valence-corrected chi connectivity index (χ3v) is 6.52. The Hall–Kier alpha value is -2.99. The van der Waals surface area contributed by atoms with Crippen LogP contribution in [-0.4, -0.2) is 57.3 Å². The van der Waals surface area contributed by atoms with Crippen LogP contribution in [-0.2, 0) is 13.0 Å². The maximum Gasteiger partial charge on any atom is 0.0897 e. The summed E-state index contributed by atoms with van der Waals surface area (Å²) in [5.74, 6) is 0. The van der Waals surface area contributed by atoms with Crippen molar-refractivity contribution in [3.63, 3.8) is 0 Å². The van der Waals surface area contributed by atoms with Gasteiger partial charge in [0, 0.05) is 49.3 Å². The van der Waals surface area contributed by atoms with E-state index >= 15 is 0 Å². The largest absolute Gasteiger partial charge is 0.305 e. The zero-order valence-electron chi connectivity index (χ0n) is 23.7. The molecule has 11 heteroatoms. The first-order valence-electron chi connectivity index (χ1n) is 13.4. The van der Waals surface area contributed by atoms with Crippen LogP contribution in [0.3, 0.4) is 0 Å². The zero-order valence-corrected chi connectivity index (χ0v) is 23.7. The smallest absolute Gasteiger partial charge is 0.0897 e. The molecule has 3 heterocycles. The van der Waals surface area contributed by atoms with Gasteiger partial charge in [-0.25, -0.2) is 0 Å². The molecule has 0 spiro atoms. The number of alkyl halides is 1. The molecule has 0 aromatic heterocycles. The van der Waals surface area contributed by atoms with E-state index in [1.807, 2.05) is 0 Å². The van der Waals surface area contributed by atoms with E-state index in [2.05, 4.69) is 137 Å². The Morgan fingerprint density at radius 1 is 0.684 bits per heavy atom. The van der Waals surface area contributed by atoms with E-state index in [1.165, 1.54) is 11.1 Å². The average Bonchev–Trinajstić information content (AvgIpc) is 3.60. The lowest BCUT2D eigenvalue weighted by Gasteiger charge is -2.30. The molecule has 1 aromatic carbocycles. The third kappa shape index (κ3) is 7.76. The monoisotopic (exact) mass is 528 g/mol. The fourth-order valence-corrected chi connectivity index (χ4v) is 4.32. The van der Waals surface area contributed by atoms with Crippen LogP contribution in [0.5, 0.6) is 0 Å². The van der Waals surface area contributed by atoms with Crippen molar-refractivity contribution < 1.29 is 4.39 Å². The highest BCUT2D eigenvalue weighted by Gasteiger charge is 2.27.